The second-order valence-electron chi connectivity index (χ2n) is 5.54. The summed E-state index contributed by atoms with van der Waals surface area (Å²) in [6.45, 7) is 6.27. The van der Waals surface area contributed by atoms with Crippen molar-refractivity contribution in [3.05, 3.63) is 64.9 Å². The lowest BCUT2D eigenvalue weighted by Crippen LogP contribution is -2.21. The van der Waals surface area contributed by atoms with Crippen LogP contribution in [0.3, 0.4) is 0 Å². The summed E-state index contributed by atoms with van der Waals surface area (Å²) < 4.78 is 2.12. The molecule has 0 unspecified atom stereocenters. The number of benzene rings is 2. The number of aromatic amines is 1. The van der Waals surface area contributed by atoms with E-state index in [-0.39, 0.29) is 0 Å². The molecule has 3 aromatic rings. The lowest BCUT2D eigenvalue weighted by Gasteiger charge is -2.20. The molecule has 1 N–H and O–H groups in total. The van der Waals surface area contributed by atoms with Crippen molar-refractivity contribution in [1.82, 2.24) is 14.9 Å². The van der Waals surface area contributed by atoms with Crippen LogP contribution in [0.15, 0.2) is 59.7 Å². The maximum atomic E-state index is 5.32. The van der Waals surface area contributed by atoms with Gasteiger partial charge in [-0.3, -0.25) is 0 Å². The van der Waals surface area contributed by atoms with E-state index in [0.717, 1.165) is 24.2 Å². The van der Waals surface area contributed by atoms with Crippen LogP contribution in [0.25, 0.3) is 11.4 Å². The van der Waals surface area contributed by atoms with Crippen molar-refractivity contribution in [3.8, 4) is 11.4 Å². The Kier molecular flexibility index (Phi) is 5.40. The van der Waals surface area contributed by atoms with Gasteiger partial charge in [-0.05, 0) is 55.9 Å². The molecule has 1 heterocycles. The Hall–Kier alpha value is -2.73. The molecule has 0 spiro atoms. The molecule has 0 aliphatic heterocycles. The zero-order valence-electron chi connectivity index (χ0n) is 14.4. The molecule has 0 saturated carbocycles. The van der Waals surface area contributed by atoms with Crippen LogP contribution in [0.5, 0.6) is 0 Å². The van der Waals surface area contributed by atoms with Crippen molar-refractivity contribution in [2.45, 2.75) is 13.8 Å². The van der Waals surface area contributed by atoms with Gasteiger partial charge in [0.2, 0.25) is 4.77 Å². The van der Waals surface area contributed by atoms with Gasteiger partial charge in [0.15, 0.2) is 5.82 Å². The van der Waals surface area contributed by atoms with E-state index >= 15 is 0 Å². The Morgan fingerprint density at radius 1 is 1.08 bits per heavy atom. The van der Waals surface area contributed by atoms with Crippen LogP contribution < -0.4 is 4.90 Å². The number of hydrogen-bond acceptors (Lipinski definition) is 4. The number of hydrogen-bond donors (Lipinski definition) is 1. The SMILES string of the molecule is CCN(CC)c1ccc(-c2n[nH]c(=S)n2N=Cc2ccccc2)cc1. The molecular weight excluding hydrogens is 330 g/mol. The summed E-state index contributed by atoms with van der Waals surface area (Å²) in [7, 11) is 0. The van der Waals surface area contributed by atoms with Gasteiger partial charge in [0.05, 0.1) is 6.21 Å². The Morgan fingerprint density at radius 3 is 2.40 bits per heavy atom. The van der Waals surface area contributed by atoms with Gasteiger partial charge >= 0.3 is 0 Å². The maximum absolute atomic E-state index is 5.32. The third kappa shape index (κ3) is 3.85. The van der Waals surface area contributed by atoms with Crippen LogP contribution in [0, 0.1) is 4.77 Å². The minimum Gasteiger partial charge on any atom is -0.372 e. The largest absolute Gasteiger partial charge is 0.372 e. The van der Waals surface area contributed by atoms with Crippen LogP contribution in [0.4, 0.5) is 5.69 Å². The van der Waals surface area contributed by atoms with Crippen molar-refractivity contribution >= 4 is 24.1 Å². The molecule has 0 amide bonds. The predicted octanol–water partition coefficient (Wildman–Crippen LogP) is 4.34. The molecule has 0 atom stereocenters. The van der Waals surface area contributed by atoms with Gasteiger partial charge in [-0.2, -0.15) is 14.9 Å². The monoisotopic (exact) mass is 351 g/mol. The number of H-pyrrole nitrogens is 1. The van der Waals surface area contributed by atoms with Gasteiger partial charge in [0.1, 0.15) is 0 Å². The molecule has 0 saturated heterocycles. The van der Waals surface area contributed by atoms with Crippen LogP contribution in [0.2, 0.25) is 0 Å². The lowest BCUT2D eigenvalue weighted by atomic mass is 10.2. The number of anilines is 1. The summed E-state index contributed by atoms with van der Waals surface area (Å²) in [6, 6.07) is 18.2. The average Bonchev–Trinajstić information content (AvgIpc) is 3.03. The molecule has 1 aromatic heterocycles. The standard InChI is InChI=1S/C19H21N5S/c1-3-23(4-2)17-12-10-16(11-13-17)18-21-22-19(25)24(18)20-14-15-8-6-5-7-9-15/h5-14H,3-4H2,1-2H3,(H,22,25). The molecule has 0 fully saturated rings. The average molecular weight is 351 g/mol. The van der Waals surface area contributed by atoms with Crippen molar-refractivity contribution < 1.29 is 0 Å². The number of rotatable bonds is 6. The molecule has 0 radical (unpaired) electrons. The molecule has 0 bridgehead atoms. The van der Waals surface area contributed by atoms with Crippen LogP contribution in [-0.2, 0) is 0 Å². The molecular formula is C19H21N5S. The van der Waals surface area contributed by atoms with Gasteiger partial charge in [-0.1, -0.05) is 30.3 Å². The highest BCUT2D eigenvalue weighted by molar-refractivity contribution is 7.71. The van der Waals surface area contributed by atoms with Gasteiger partial charge in [0, 0.05) is 24.3 Å². The highest BCUT2D eigenvalue weighted by Gasteiger charge is 2.09. The Bertz CT molecular complexity index is 890. The highest BCUT2D eigenvalue weighted by atomic mass is 32.1. The Morgan fingerprint density at radius 2 is 1.76 bits per heavy atom. The molecule has 25 heavy (non-hydrogen) atoms. The normalized spacial score (nSPS) is 11.1. The number of aromatic nitrogens is 3. The van der Waals surface area contributed by atoms with E-state index in [1.165, 1.54) is 5.69 Å². The van der Waals surface area contributed by atoms with E-state index < -0.39 is 0 Å². The summed E-state index contributed by atoms with van der Waals surface area (Å²) >= 11 is 5.32. The first-order chi connectivity index (χ1) is 12.2. The molecule has 128 valence electrons. The zero-order valence-corrected chi connectivity index (χ0v) is 15.2. The van der Waals surface area contributed by atoms with Crippen molar-refractivity contribution in [3.63, 3.8) is 0 Å². The lowest BCUT2D eigenvalue weighted by molar-refractivity contribution is 0.864. The second-order valence-corrected chi connectivity index (χ2v) is 5.93. The second kappa shape index (κ2) is 7.90. The van der Waals surface area contributed by atoms with E-state index in [9.17, 15) is 0 Å². The Balaban J connectivity index is 1.91. The number of nitrogens with zero attached hydrogens (tertiary/aromatic N) is 4. The van der Waals surface area contributed by atoms with E-state index in [4.69, 9.17) is 12.2 Å². The molecule has 6 heteroatoms. The highest BCUT2D eigenvalue weighted by Crippen LogP contribution is 2.22. The molecule has 0 aliphatic carbocycles. The minimum atomic E-state index is 0.468. The van der Waals surface area contributed by atoms with Crippen molar-refractivity contribution in [2.75, 3.05) is 18.0 Å². The zero-order chi connectivity index (χ0) is 17.6. The van der Waals surface area contributed by atoms with Crippen LogP contribution >= 0.6 is 12.2 Å². The maximum Gasteiger partial charge on any atom is 0.216 e. The molecule has 5 nitrogen and oxygen atoms in total. The van der Waals surface area contributed by atoms with Gasteiger partial charge in [-0.25, -0.2) is 5.10 Å². The van der Waals surface area contributed by atoms with Gasteiger partial charge < -0.3 is 4.90 Å². The summed E-state index contributed by atoms with van der Waals surface area (Å²) in [5, 5.41) is 11.6. The predicted molar refractivity (Wildman–Crippen MR) is 106 cm³/mol. The smallest absolute Gasteiger partial charge is 0.216 e. The summed E-state index contributed by atoms with van der Waals surface area (Å²) in [6.07, 6.45) is 1.78. The van der Waals surface area contributed by atoms with Crippen LogP contribution in [-0.4, -0.2) is 34.2 Å². The summed E-state index contributed by atoms with van der Waals surface area (Å²) in [4.78, 5) is 2.30. The first-order valence-electron chi connectivity index (χ1n) is 8.35. The first-order valence-corrected chi connectivity index (χ1v) is 8.76. The fourth-order valence-electron chi connectivity index (χ4n) is 2.66. The summed E-state index contributed by atoms with van der Waals surface area (Å²) in [5.74, 6) is 0.697. The van der Waals surface area contributed by atoms with Gasteiger partial charge in [-0.15, -0.1) is 0 Å². The first kappa shape index (κ1) is 17.1. The fourth-order valence-corrected chi connectivity index (χ4v) is 2.84. The number of nitrogens with one attached hydrogen (secondary N) is 1. The van der Waals surface area contributed by atoms with E-state index in [1.807, 2.05) is 42.5 Å². The van der Waals surface area contributed by atoms with E-state index in [0.29, 0.717) is 10.6 Å². The molecule has 0 aliphatic rings. The van der Waals surface area contributed by atoms with E-state index in [2.05, 4.69) is 46.2 Å². The van der Waals surface area contributed by atoms with Crippen LogP contribution in [0.1, 0.15) is 19.4 Å². The van der Waals surface area contributed by atoms with E-state index in [1.54, 1.807) is 10.9 Å². The van der Waals surface area contributed by atoms with Crippen molar-refractivity contribution in [2.24, 2.45) is 5.10 Å². The summed E-state index contributed by atoms with van der Waals surface area (Å²) in [5.41, 5.74) is 3.17. The third-order valence-electron chi connectivity index (χ3n) is 4.03. The third-order valence-corrected chi connectivity index (χ3v) is 4.29. The Labute approximate surface area is 152 Å². The molecule has 3 rings (SSSR count). The molecule has 2 aromatic carbocycles. The van der Waals surface area contributed by atoms with Gasteiger partial charge in [0.25, 0.3) is 0 Å². The topological polar surface area (TPSA) is 49.2 Å². The minimum absolute atomic E-state index is 0.468. The fraction of sp³-hybridized carbons (Fsp3) is 0.211. The quantitative estimate of drug-likeness (QED) is 0.531. The van der Waals surface area contributed by atoms with Crippen molar-refractivity contribution in [1.29, 1.82) is 0 Å².